The van der Waals surface area contributed by atoms with E-state index in [-0.39, 0.29) is 5.69 Å². The number of esters is 1. The number of nitrogens with zero attached hydrogens (tertiary/aromatic N) is 4. The summed E-state index contributed by atoms with van der Waals surface area (Å²) in [5.74, 6) is 1.17. The van der Waals surface area contributed by atoms with E-state index in [9.17, 15) is 4.79 Å². The summed E-state index contributed by atoms with van der Waals surface area (Å²) in [6, 6.07) is 8.49. The van der Waals surface area contributed by atoms with Crippen LogP contribution in [0.5, 0.6) is 5.75 Å². The molecule has 0 spiro atoms. The first-order valence-corrected chi connectivity index (χ1v) is 9.31. The highest BCUT2D eigenvalue weighted by atomic mass is 16.5. The van der Waals surface area contributed by atoms with Gasteiger partial charge in [0.2, 0.25) is 5.95 Å². The molecule has 0 bridgehead atoms. The van der Waals surface area contributed by atoms with Crippen LogP contribution in [0.25, 0.3) is 0 Å². The topological polar surface area (TPSA) is 67.8 Å². The summed E-state index contributed by atoms with van der Waals surface area (Å²) in [5, 5.41) is 0. The maximum Gasteiger partial charge on any atom is 0.356 e. The lowest BCUT2D eigenvalue weighted by Gasteiger charge is -2.38. The molecule has 1 saturated heterocycles. The second kappa shape index (κ2) is 7.52. The highest BCUT2D eigenvalue weighted by Gasteiger charge is 2.25. The van der Waals surface area contributed by atoms with E-state index in [1.165, 1.54) is 18.2 Å². The van der Waals surface area contributed by atoms with Gasteiger partial charge in [-0.05, 0) is 30.2 Å². The summed E-state index contributed by atoms with van der Waals surface area (Å²) in [6.07, 6.45) is 2.61. The molecule has 7 nitrogen and oxygen atoms in total. The van der Waals surface area contributed by atoms with Crippen LogP contribution in [0.1, 0.15) is 34.6 Å². The predicted octanol–water partition coefficient (Wildman–Crippen LogP) is 2.08. The molecule has 2 aromatic rings. The molecular weight excluding hydrogens is 344 g/mol. The van der Waals surface area contributed by atoms with Crippen molar-refractivity contribution in [3.63, 3.8) is 0 Å². The van der Waals surface area contributed by atoms with E-state index in [4.69, 9.17) is 9.47 Å². The van der Waals surface area contributed by atoms with Crippen LogP contribution in [-0.4, -0.2) is 60.7 Å². The number of hydrogen-bond donors (Lipinski definition) is 0. The monoisotopic (exact) mass is 368 g/mol. The van der Waals surface area contributed by atoms with Crippen molar-refractivity contribution in [1.82, 2.24) is 14.9 Å². The Morgan fingerprint density at radius 2 is 2.04 bits per heavy atom. The van der Waals surface area contributed by atoms with Crippen molar-refractivity contribution < 1.29 is 14.3 Å². The minimum atomic E-state index is -0.440. The number of piperazine rings is 1. The van der Waals surface area contributed by atoms with E-state index in [1.54, 1.807) is 12.3 Å². The van der Waals surface area contributed by atoms with Gasteiger partial charge in [0.05, 0.1) is 13.7 Å². The second-order valence-electron chi connectivity index (χ2n) is 6.90. The van der Waals surface area contributed by atoms with Gasteiger partial charge < -0.3 is 14.4 Å². The lowest BCUT2D eigenvalue weighted by molar-refractivity contribution is 0.0594. The predicted molar refractivity (Wildman–Crippen MR) is 101 cm³/mol. The number of anilines is 1. The van der Waals surface area contributed by atoms with E-state index in [1.807, 2.05) is 0 Å². The number of ether oxygens (including phenoxy) is 2. The van der Waals surface area contributed by atoms with Crippen molar-refractivity contribution >= 4 is 11.9 Å². The molecule has 7 heteroatoms. The third kappa shape index (κ3) is 3.60. The van der Waals surface area contributed by atoms with Gasteiger partial charge in [0, 0.05) is 44.8 Å². The SMILES string of the molecule is COC(=O)c1ccnc(N2CCN(C(C)c3ccc4c(c3)OCC4)CC2)n1. The largest absolute Gasteiger partial charge is 0.493 e. The molecule has 2 aliphatic rings. The summed E-state index contributed by atoms with van der Waals surface area (Å²) < 4.78 is 10.5. The summed E-state index contributed by atoms with van der Waals surface area (Å²) in [7, 11) is 1.36. The van der Waals surface area contributed by atoms with Crippen LogP contribution < -0.4 is 9.64 Å². The summed E-state index contributed by atoms with van der Waals surface area (Å²) in [6.45, 7) is 6.47. The van der Waals surface area contributed by atoms with E-state index >= 15 is 0 Å². The molecule has 142 valence electrons. The molecule has 1 atom stereocenters. The van der Waals surface area contributed by atoms with E-state index in [2.05, 4.69) is 44.9 Å². The molecule has 27 heavy (non-hydrogen) atoms. The Kier molecular flexibility index (Phi) is 4.94. The molecule has 0 saturated carbocycles. The second-order valence-corrected chi connectivity index (χ2v) is 6.90. The molecule has 2 aliphatic heterocycles. The van der Waals surface area contributed by atoms with E-state index in [0.29, 0.717) is 12.0 Å². The van der Waals surface area contributed by atoms with Crippen molar-refractivity contribution in [1.29, 1.82) is 0 Å². The lowest BCUT2D eigenvalue weighted by Crippen LogP contribution is -2.47. The Morgan fingerprint density at radius 1 is 1.22 bits per heavy atom. The Balaban J connectivity index is 1.41. The van der Waals surface area contributed by atoms with Crippen LogP contribution in [-0.2, 0) is 11.2 Å². The maximum absolute atomic E-state index is 11.7. The number of fused-ring (bicyclic) bond motifs is 1. The summed E-state index contributed by atoms with van der Waals surface area (Å²) in [5.41, 5.74) is 2.88. The number of carbonyl (C=O) groups excluding carboxylic acids is 1. The van der Waals surface area contributed by atoms with Crippen LogP contribution >= 0.6 is 0 Å². The van der Waals surface area contributed by atoms with Crippen molar-refractivity contribution in [2.24, 2.45) is 0 Å². The molecule has 1 unspecified atom stereocenters. The molecule has 4 rings (SSSR count). The number of hydrogen-bond acceptors (Lipinski definition) is 7. The van der Waals surface area contributed by atoms with Crippen molar-refractivity contribution in [3.05, 3.63) is 47.3 Å². The third-order valence-corrected chi connectivity index (χ3v) is 5.38. The molecule has 1 aromatic carbocycles. The quantitative estimate of drug-likeness (QED) is 0.766. The highest BCUT2D eigenvalue weighted by Crippen LogP contribution is 2.31. The van der Waals surface area contributed by atoms with Crippen LogP contribution in [0.3, 0.4) is 0 Å². The fourth-order valence-electron chi connectivity index (χ4n) is 3.68. The van der Waals surface area contributed by atoms with Crippen molar-refractivity contribution in [2.45, 2.75) is 19.4 Å². The Bertz CT molecular complexity index is 834. The smallest absolute Gasteiger partial charge is 0.356 e. The Labute approximate surface area is 158 Å². The standard InChI is InChI=1S/C20H24N4O3/c1-14(16-4-3-15-6-12-27-18(15)13-16)23-8-10-24(11-9-23)20-21-7-5-17(22-20)19(25)26-2/h3-5,7,13-14H,6,8-12H2,1-2H3. The van der Waals surface area contributed by atoms with Gasteiger partial charge in [0.15, 0.2) is 5.69 Å². The highest BCUT2D eigenvalue weighted by molar-refractivity contribution is 5.87. The molecule has 0 N–H and O–H groups in total. The normalized spacial score (nSPS) is 17.9. The van der Waals surface area contributed by atoms with Gasteiger partial charge in [-0.25, -0.2) is 14.8 Å². The molecule has 0 radical (unpaired) electrons. The van der Waals surface area contributed by atoms with Crippen LogP contribution in [0.15, 0.2) is 30.5 Å². The molecule has 1 fully saturated rings. The Hall–Kier alpha value is -2.67. The van der Waals surface area contributed by atoms with Gasteiger partial charge in [-0.15, -0.1) is 0 Å². The first-order chi connectivity index (χ1) is 13.2. The van der Waals surface area contributed by atoms with E-state index < -0.39 is 5.97 Å². The van der Waals surface area contributed by atoms with Gasteiger partial charge in [0.25, 0.3) is 0 Å². The minimum absolute atomic E-state index is 0.288. The number of methoxy groups -OCH3 is 1. The van der Waals surface area contributed by atoms with Crippen molar-refractivity contribution in [2.75, 3.05) is 44.8 Å². The minimum Gasteiger partial charge on any atom is -0.493 e. The average molecular weight is 368 g/mol. The fraction of sp³-hybridized carbons (Fsp3) is 0.450. The van der Waals surface area contributed by atoms with Gasteiger partial charge >= 0.3 is 5.97 Å². The zero-order valence-electron chi connectivity index (χ0n) is 15.7. The average Bonchev–Trinajstić information content (AvgIpc) is 3.20. The molecular formula is C20H24N4O3. The number of carbonyl (C=O) groups is 1. The lowest BCUT2D eigenvalue weighted by atomic mass is 10.0. The number of rotatable bonds is 4. The maximum atomic E-state index is 11.7. The van der Waals surface area contributed by atoms with Gasteiger partial charge in [0.1, 0.15) is 5.75 Å². The zero-order valence-corrected chi connectivity index (χ0v) is 15.7. The molecule has 3 heterocycles. The van der Waals surface area contributed by atoms with Crippen LogP contribution in [0, 0.1) is 0 Å². The van der Waals surface area contributed by atoms with Crippen LogP contribution in [0.2, 0.25) is 0 Å². The number of aromatic nitrogens is 2. The Morgan fingerprint density at radius 3 is 2.81 bits per heavy atom. The molecule has 0 aliphatic carbocycles. The third-order valence-electron chi connectivity index (χ3n) is 5.38. The first kappa shape index (κ1) is 17.7. The fourth-order valence-corrected chi connectivity index (χ4v) is 3.68. The molecule has 0 amide bonds. The van der Waals surface area contributed by atoms with Gasteiger partial charge in [-0.1, -0.05) is 12.1 Å². The van der Waals surface area contributed by atoms with Gasteiger partial charge in [-0.2, -0.15) is 0 Å². The zero-order chi connectivity index (χ0) is 18.8. The van der Waals surface area contributed by atoms with E-state index in [0.717, 1.165) is 45.0 Å². The summed E-state index contributed by atoms with van der Waals surface area (Å²) in [4.78, 5) is 24.9. The van der Waals surface area contributed by atoms with Crippen LogP contribution in [0.4, 0.5) is 5.95 Å². The summed E-state index contributed by atoms with van der Waals surface area (Å²) >= 11 is 0. The molecule has 1 aromatic heterocycles. The van der Waals surface area contributed by atoms with Gasteiger partial charge in [-0.3, -0.25) is 4.90 Å². The number of benzene rings is 1. The van der Waals surface area contributed by atoms with Crippen molar-refractivity contribution in [3.8, 4) is 5.75 Å². The first-order valence-electron chi connectivity index (χ1n) is 9.31.